The third-order valence-corrected chi connectivity index (χ3v) is 4.72. The number of carbonyl (C=O) groups excluding carboxylic acids is 1. The SMILES string of the molecule is COc1ccc(/C=C(\C#N)C(=O)Nc2cccc(Cl)c2)c(OCc2cccc([N+](=O)[O-])c2)c1. The van der Waals surface area contributed by atoms with Crippen LogP contribution in [0.2, 0.25) is 5.02 Å². The summed E-state index contributed by atoms with van der Waals surface area (Å²) >= 11 is 5.94. The first-order valence-corrected chi connectivity index (χ1v) is 10.0. The lowest BCUT2D eigenvalue weighted by molar-refractivity contribution is -0.384. The second kappa shape index (κ2) is 10.8. The maximum atomic E-state index is 12.6. The van der Waals surface area contributed by atoms with E-state index < -0.39 is 10.8 Å². The van der Waals surface area contributed by atoms with E-state index >= 15 is 0 Å². The van der Waals surface area contributed by atoms with E-state index in [9.17, 15) is 20.2 Å². The summed E-state index contributed by atoms with van der Waals surface area (Å²) in [5, 5.41) is 23.6. The number of amides is 1. The highest BCUT2D eigenvalue weighted by Crippen LogP contribution is 2.28. The Kier molecular flexibility index (Phi) is 7.63. The minimum absolute atomic E-state index is 0.0340. The monoisotopic (exact) mass is 463 g/mol. The van der Waals surface area contributed by atoms with Crippen molar-refractivity contribution in [1.82, 2.24) is 0 Å². The Morgan fingerprint density at radius 3 is 2.67 bits per heavy atom. The van der Waals surface area contributed by atoms with Crippen LogP contribution in [0.25, 0.3) is 6.08 Å². The van der Waals surface area contributed by atoms with Crippen LogP contribution in [0.1, 0.15) is 11.1 Å². The highest BCUT2D eigenvalue weighted by molar-refractivity contribution is 6.31. The van der Waals surface area contributed by atoms with Gasteiger partial charge in [0.15, 0.2) is 0 Å². The standard InChI is InChI=1S/C24H18ClN3O5/c1-32-22-9-8-17(11-18(14-26)24(29)27-20-6-3-5-19(25)12-20)23(13-22)33-15-16-4-2-7-21(10-16)28(30)31/h2-13H,15H2,1H3,(H,27,29)/b18-11+. The molecule has 8 nitrogen and oxygen atoms in total. The van der Waals surface area contributed by atoms with Crippen molar-refractivity contribution in [3.05, 3.63) is 98.6 Å². The molecule has 0 aliphatic rings. The summed E-state index contributed by atoms with van der Waals surface area (Å²) in [5.74, 6) is 0.229. The number of benzene rings is 3. The Bertz CT molecular complexity index is 1270. The van der Waals surface area contributed by atoms with Gasteiger partial charge in [-0.2, -0.15) is 5.26 Å². The number of hydrogen-bond donors (Lipinski definition) is 1. The predicted molar refractivity (Wildman–Crippen MR) is 124 cm³/mol. The van der Waals surface area contributed by atoms with Gasteiger partial charge in [-0.1, -0.05) is 29.8 Å². The van der Waals surface area contributed by atoms with E-state index in [1.165, 1.54) is 25.3 Å². The van der Waals surface area contributed by atoms with Crippen molar-refractivity contribution in [2.24, 2.45) is 0 Å². The van der Waals surface area contributed by atoms with Gasteiger partial charge in [0.25, 0.3) is 11.6 Å². The van der Waals surface area contributed by atoms with E-state index in [2.05, 4.69) is 5.32 Å². The molecule has 0 radical (unpaired) electrons. The number of methoxy groups -OCH3 is 1. The van der Waals surface area contributed by atoms with Gasteiger partial charge in [0.05, 0.1) is 12.0 Å². The first-order valence-electron chi connectivity index (χ1n) is 9.62. The Morgan fingerprint density at radius 2 is 1.97 bits per heavy atom. The van der Waals surface area contributed by atoms with E-state index in [0.29, 0.717) is 33.3 Å². The summed E-state index contributed by atoms with van der Waals surface area (Å²) in [4.78, 5) is 23.1. The lowest BCUT2D eigenvalue weighted by atomic mass is 10.1. The maximum absolute atomic E-state index is 12.6. The fraction of sp³-hybridized carbons (Fsp3) is 0.0833. The molecule has 0 aliphatic carbocycles. The lowest BCUT2D eigenvalue weighted by Gasteiger charge is -2.12. The summed E-state index contributed by atoms with van der Waals surface area (Å²) in [6, 6.07) is 19.4. The Balaban J connectivity index is 1.86. The van der Waals surface area contributed by atoms with E-state index in [-0.39, 0.29) is 17.9 Å². The highest BCUT2D eigenvalue weighted by atomic mass is 35.5. The van der Waals surface area contributed by atoms with Gasteiger partial charge in [0.2, 0.25) is 0 Å². The van der Waals surface area contributed by atoms with Crippen LogP contribution in [0.15, 0.2) is 72.3 Å². The third-order valence-electron chi connectivity index (χ3n) is 4.48. The number of anilines is 1. The first-order chi connectivity index (χ1) is 15.9. The smallest absolute Gasteiger partial charge is 0.269 e. The molecular weight excluding hydrogens is 446 g/mol. The van der Waals surface area contributed by atoms with Crippen molar-refractivity contribution >= 4 is 35.0 Å². The normalized spacial score (nSPS) is 10.8. The van der Waals surface area contributed by atoms with Crippen LogP contribution in [0, 0.1) is 21.4 Å². The zero-order valence-electron chi connectivity index (χ0n) is 17.4. The van der Waals surface area contributed by atoms with Crippen molar-refractivity contribution in [1.29, 1.82) is 5.26 Å². The second-order valence-corrected chi connectivity index (χ2v) is 7.19. The molecule has 0 saturated carbocycles. The molecule has 0 aliphatic heterocycles. The number of nitrogens with zero attached hydrogens (tertiary/aromatic N) is 2. The van der Waals surface area contributed by atoms with E-state index in [1.807, 2.05) is 6.07 Å². The molecule has 9 heteroatoms. The minimum Gasteiger partial charge on any atom is -0.497 e. The molecule has 166 valence electrons. The number of nitro benzene ring substituents is 1. The molecule has 0 spiro atoms. The van der Waals surface area contributed by atoms with E-state index in [4.69, 9.17) is 21.1 Å². The Morgan fingerprint density at radius 1 is 1.18 bits per heavy atom. The summed E-state index contributed by atoms with van der Waals surface area (Å²) in [7, 11) is 1.49. The van der Waals surface area contributed by atoms with Crippen molar-refractivity contribution in [3.63, 3.8) is 0 Å². The van der Waals surface area contributed by atoms with Crippen molar-refractivity contribution in [2.45, 2.75) is 6.61 Å². The number of ether oxygens (including phenoxy) is 2. The van der Waals surface area contributed by atoms with Crippen LogP contribution in [0.4, 0.5) is 11.4 Å². The van der Waals surface area contributed by atoms with E-state index in [1.54, 1.807) is 54.6 Å². The lowest BCUT2D eigenvalue weighted by Crippen LogP contribution is -2.13. The molecule has 1 N–H and O–H groups in total. The van der Waals surface area contributed by atoms with Gasteiger partial charge in [-0.3, -0.25) is 14.9 Å². The van der Waals surface area contributed by atoms with Gasteiger partial charge in [-0.05, 0) is 42.0 Å². The van der Waals surface area contributed by atoms with Gasteiger partial charge in [-0.15, -0.1) is 0 Å². The molecule has 3 aromatic rings. The number of halogens is 1. The summed E-state index contributed by atoms with van der Waals surface area (Å²) in [5.41, 5.74) is 1.29. The summed E-state index contributed by atoms with van der Waals surface area (Å²) in [6.07, 6.45) is 1.39. The van der Waals surface area contributed by atoms with E-state index in [0.717, 1.165) is 0 Å². The molecule has 0 unspecified atom stereocenters. The van der Waals surface area contributed by atoms with Gasteiger partial charge < -0.3 is 14.8 Å². The summed E-state index contributed by atoms with van der Waals surface area (Å²) < 4.78 is 11.1. The number of carbonyl (C=O) groups is 1. The van der Waals surface area contributed by atoms with Crippen LogP contribution in [-0.4, -0.2) is 17.9 Å². The van der Waals surface area contributed by atoms with Crippen LogP contribution in [-0.2, 0) is 11.4 Å². The number of nitriles is 1. The Hall–Kier alpha value is -4.35. The molecule has 0 fully saturated rings. The maximum Gasteiger partial charge on any atom is 0.269 e. The van der Waals surface area contributed by atoms with Crippen LogP contribution in [0.3, 0.4) is 0 Å². The second-order valence-electron chi connectivity index (χ2n) is 6.75. The van der Waals surface area contributed by atoms with Crippen LogP contribution < -0.4 is 14.8 Å². The quantitative estimate of drug-likeness (QED) is 0.207. The number of nitrogens with one attached hydrogen (secondary N) is 1. The Labute approximate surface area is 194 Å². The van der Waals surface area contributed by atoms with Crippen LogP contribution in [0.5, 0.6) is 11.5 Å². The molecule has 0 atom stereocenters. The van der Waals surface area contributed by atoms with Gasteiger partial charge in [0, 0.05) is 34.5 Å². The van der Waals surface area contributed by atoms with Crippen molar-refractivity contribution in [3.8, 4) is 17.6 Å². The average Bonchev–Trinajstić information content (AvgIpc) is 2.81. The molecule has 0 saturated heterocycles. The first kappa shape index (κ1) is 23.3. The molecule has 0 heterocycles. The molecule has 1 amide bonds. The van der Waals surface area contributed by atoms with Crippen molar-refractivity contribution < 1.29 is 19.2 Å². The zero-order chi connectivity index (χ0) is 23.8. The molecule has 3 aromatic carbocycles. The molecule has 33 heavy (non-hydrogen) atoms. The van der Waals surface area contributed by atoms with Crippen molar-refractivity contribution in [2.75, 3.05) is 12.4 Å². The zero-order valence-corrected chi connectivity index (χ0v) is 18.2. The predicted octanol–water partition coefficient (Wildman–Crippen LogP) is 5.38. The highest BCUT2D eigenvalue weighted by Gasteiger charge is 2.13. The van der Waals surface area contributed by atoms with Gasteiger partial charge in [0.1, 0.15) is 29.7 Å². The topological polar surface area (TPSA) is 114 Å². The number of non-ortho nitro benzene ring substituents is 1. The fourth-order valence-electron chi connectivity index (χ4n) is 2.88. The van der Waals surface area contributed by atoms with Gasteiger partial charge >= 0.3 is 0 Å². The molecule has 0 bridgehead atoms. The average molecular weight is 464 g/mol. The number of nitro groups is 1. The fourth-order valence-corrected chi connectivity index (χ4v) is 3.07. The molecule has 0 aromatic heterocycles. The van der Waals surface area contributed by atoms with Gasteiger partial charge in [-0.25, -0.2) is 0 Å². The number of hydrogen-bond acceptors (Lipinski definition) is 6. The largest absolute Gasteiger partial charge is 0.497 e. The molecular formula is C24H18ClN3O5. The third kappa shape index (κ3) is 6.32. The summed E-state index contributed by atoms with van der Waals surface area (Å²) in [6.45, 7) is 0.0340. The minimum atomic E-state index is -0.611. The number of rotatable bonds is 8. The molecule has 3 rings (SSSR count). The van der Waals surface area contributed by atoms with Crippen LogP contribution >= 0.6 is 11.6 Å².